The summed E-state index contributed by atoms with van der Waals surface area (Å²) in [6.45, 7) is 1.46. The SMILES string of the molecule is CC1(F)C[CH]CC2(CC(C(N)=O)N(c3cccc(F)c3)C2=O)C1. The Kier molecular flexibility index (Phi) is 3.65. The molecule has 2 fully saturated rings. The number of carbonyl (C=O) groups excluding carboxylic acids is 2. The molecule has 1 saturated carbocycles. The van der Waals surface area contributed by atoms with Crippen LogP contribution < -0.4 is 10.6 Å². The van der Waals surface area contributed by atoms with E-state index in [-0.39, 0.29) is 30.9 Å². The van der Waals surface area contributed by atoms with Crippen molar-refractivity contribution in [2.45, 2.75) is 44.3 Å². The van der Waals surface area contributed by atoms with Crippen LogP contribution in [-0.2, 0) is 9.59 Å². The average molecular weight is 321 g/mol. The number of benzene rings is 1. The van der Waals surface area contributed by atoms with E-state index >= 15 is 0 Å². The Morgan fingerprint density at radius 3 is 2.74 bits per heavy atom. The molecular weight excluding hydrogens is 302 g/mol. The lowest BCUT2D eigenvalue weighted by Crippen LogP contribution is -2.44. The number of hydrogen-bond donors (Lipinski definition) is 1. The van der Waals surface area contributed by atoms with Gasteiger partial charge in [0.15, 0.2) is 0 Å². The van der Waals surface area contributed by atoms with Crippen LogP contribution in [0, 0.1) is 17.7 Å². The minimum Gasteiger partial charge on any atom is -0.368 e. The normalized spacial score (nSPS) is 34.1. The van der Waals surface area contributed by atoms with E-state index in [9.17, 15) is 18.4 Å². The molecule has 4 nitrogen and oxygen atoms in total. The van der Waals surface area contributed by atoms with Crippen LogP contribution in [0.2, 0.25) is 0 Å². The van der Waals surface area contributed by atoms with E-state index in [4.69, 9.17) is 5.73 Å². The molecule has 3 unspecified atom stereocenters. The highest BCUT2D eigenvalue weighted by molar-refractivity contribution is 6.07. The lowest BCUT2D eigenvalue weighted by molar-refractivity contribution is -0.129. The zero-order chi connectivity index (χ0) is 16.8. The summed E-state index contributed by atoms with van der Waals surface area (Å²) < 4.78 is 28.0. The van der Waals surface area contributed by atoms with E-state index in [1.807, 2.05) is 0 Å². The molecule has 1 saturated heterocycles. The van der Waals surface area contributed by atoms with Crippen molar-refractivity contribution in [3.05, 3.63) is 36.5 Å². The van der Waals surface area contributed by atoms with Crippen molar-refractivity contribution < 1.29 is 18.4 Å². The fourth-order valence-electron chi connectivity index (χ4n) is 3.91. The number of halogens is 2. The Bertz CT molecular complexity index is 662. The Morgan fingerprint density at radius 2 is 2.13 bits per heavy atom. The molecule has 3 rings (SSSR count). The number of carbonyl (C=O) groups is 2. The molecule has 0 aromatic heterocycles. The first kappa shape index (κ1) is 15.9. The topological polar surface area (TPSA) is 63.4 Å². The van der Waals surface area contributed by atoms with Gasteiger partial charge in [-0.3, -0.25) is 14.5 Å². The van der Waals surface area contributed by atoms with Gasteiger partial charge in [0, 0.05) is 5.69 Å². The third-order valence-corrected chi connectivity index (χ3v) is 4.80. The van der Waals surface area contributed by atoms with Crippen molar-refractivity contribution in [1.29, 1.82) is 0 Å². The molecule has 2 amide bonds. The third-order valence-electron chi connectivity index (χ3n) is 4.80. The highest BCUT2D eigenvalue weighted by Gasteiger charge is 2.57. The molecule has 3 atom stereocenters. The van der Waals surface area contributed by atoms with Crippen molar-refractivity contribution in [3.63, 3.8) is 0 Å². The Labute approximate surface area is 133 Å². The molecule has 1 heterocycles. The standard InChI is InChI=1S/C17H19F2N2O2/c1-16(19)6-3-7-17(10-16)9-13(14(20)22)21(15(17)23)12-5-2-4-11(18)8-12/h2-5,8,13H,6-7,9-10H2,1H3,(H2,20,22). The number of nitrogens with zero attached hydrogens (tertiary/aromatic N) is 1. The average Bonchev–Trinajstić information content (AvgIpc) is 2.71. The minimum absolute atomic E-state index is 0.0466. The van der Waals surface area contributed by atoms with Crippen LogP contribution in [0.1, 0.15) is 32.6 Å². The smallest absolute Gasteiger partial charge is 0.240 e. The van der Waals surface area contributed by atoms with Crippen LogP contribution >= 0.6 is 0 Å². The quantitative estimate of drug-likeness (QED) is 0.910. The summed E-state index contributed by atoms with van der Waals surface area (Å²) in [6, 6.07) is 4.58. The molecule has 2 N–H and O–H groups in total. The monoisotopic (exact) mass is 321 g/mol. The van der Waals surface area contributed by atoms with Gasteiger partial charge in [-0.15, -0.1) is 0 Å². The highest BCUT2D eigenvalue weighted by atomic mass is 19.1. The van der Waals surface area contributed by atoms with E-state index in [0.717, 1.165) is 0 Å². The van der Waals surface area contributed by atoms with Crippen molar-refractivity contribution in [1.82, 2.24) is 0 Å². The van der Waals surface area contributed by atoms with Crippen LogP contribution in [0.4, 0.5) is 14.5 Å². The molecule has 0 bridgehead atoms. The second kappa shape index (κ2) is 5.28. The van der Waals surface area contributed by atoms with E-state index in [0.29, 0.717) is 6.42 Å². The van der Waals surface area contributed by atoms with E-state index < -0.39 is 28.8 Å². The Hall–Kier alpha value is -1.98. The van der Waals surface area contributed by atoms with Crippen LogP contribution in [0.15, 0.2) is 24.3 Å². The number of alkyl halides is 1. The third kappa shape index (κ3) is 2.71. The molecule has 1 aromatic rings. The van der Waals surface area contributed by atoms with Crippen molar-refractivity contribution in [2.75, 3.05) is 4.90 Å². The predicted octanol–water partition coefficient (Wildman–Crippen LogP) is 2.52. The van der Waals surface area contributed by atoms with E-state index in [1.54, 1.807) is 12.5 Å². The van der Waals surface area contributed by atoms with Gasteiger partial charge in [0.05, 0.1) is 5.41 Å². The van der Waals surface area contributed by atoms with Crippen LogP contribution in [0.3, 0.4) is 0 Å². The molecule has 6 heteroatoms. The lowest BCUT2D eigenvalue weighted by Gasteiger charge is -2.38. The van der Waals surface area contributed by atoms with Crippen LogP contribution in [-0.4, -0.2) is 23.5 Å². The van der Waals surface area contributed by atoms with Gasteiger partial charge < -0.3 is 5.73 Å². The summed E-state index contributed by atoms with van der Waals surface area (Å²) in [5.74, 6) is -1.53. The van der Waals surface area contributed by atoms with Crippen LogP contribution in [0.5, 0.6) is 0 Å². The van der Waals surface area contributed by atoms with Gasteiger partial charge in [-0.2, -0.15) is 0 Å². The predicted molar refractivity (Wildman–Crippen MR) is 81.6 cm³/mol. The number of rotatable bonds is 2. The van der Waals surface area contributed by atoms with Gasteiger partial charge in [0.2, 0.25) is 11.8 Å². The van der Waals surface area contributed by atoms with Crippen molar-refractivity contribution >= 4 is 17.5 Å². The van der Waals surface area contributed by atoms with Gasteiger partial charge in [0.1, 0.15) is 17.5 Å². The van der Waals surface area contributed by atoms with Gasteiger partial charge in [-0.25, -0.2) is 8.78 Å². The molecule has 1 spiro atoms. The Morgan fingerprint density at radius 1 is 1.39 bits per heavy atom. The van der Waals surface area contributed by atoms with E-state index in [2.05, 4.69) is 0 Å². The fraction of sp³-hybridized carbons (Fsp3) is 0.471. The number of hydrogen-bond acceptors (Lipinski definition) is 2. The second-order valence-electron chi connectivity index (χ2n) is 6.84. The summed E-state index contributed by atoms with van der Waals surface area (Å²) in [5, 5.41) is 0. The second-order valence-corrected chi connectivity index (χ2v) is 6.84. The molecule has 1 aromatic carbocycles. The minimum atomic E-state index is -1.49. The first-order chi connectivity index (χ1) is 10.7. The molecule has 2 aliphatic rings. The number of nitrogens with two attached hydrogens (primary N) is 1. The Balaban J connectivity index is 2.02. The zero-order valence-corrected chi connectivity index (χ0v) is 12.9. The molecule has 1 aliphatic heterocycles. The largest absolute Gasteiger partial charge is 0.368 e. The summed E-state index contributed by atoms with van der Waals surface area (Å²) in [4.78, 5) is 26.1. The van der Waals surface area contributed by atoms with Gasteiger partial charge in [-0.05, 0) is 57.2 Å². The molecule has 1 radical (unpaired) electrons. The number of amides is 2. The fourth-order valence-corrected chi connectivity index (χ4v) is 3.91. The highest BCUT2D eigenvalue weighted by Crippen LogP contribution is 2.52. The maximum atomic E-state index is 14.5. The lowest BCUT2D eigenvalue weighted by atomic mass is 9.67. The van der Waals surface area contributed by atoms with Crippen molar-refractivity contribution in [2.24, 2.45) is 11.1 Å². The zero-order valence-electron chi connectivity index (χ0n) is 12.9. The summed E-state index contributed by atoms with van der Waals surface area (Å²) in [5.41, 5.74) is 3.26. The maximum Gasteiger partial charge on any atom is 0.240 e. The summed E-state index contributed by atoms with van der Waals surface area (Å²) >= 11 is 0. The van der Waals surface area contributed by atoms with Crippen LogP contribution in [0.25, 0.3) is 0 Å². The maximum absolute atomic E-state index is 14.5. The summed E-state index contributed by atoms with van der Waals surface area (Å²) in [7, 11) is 0. The van der Waals surface area contributed by atoms with Crippen molar-refractivity contribution in [3.8, 4) is 0 Å². The van der Waals surface area contributed by atoms with Gasteiger partial charge >= 0.3 is 0 Å². The number of anilines is 1. The molecular formula is C17H19F2N2O2. The summed E-state index contributed by atoms with van der Waals surface area (Å²) in [6.07, 6.45) is 2.65. The molecule has 1 aliphatic carbocycles. The van der Waals surface area contributed by atoms with E-state index in [1.165, 1.54) is 30.0 Å². The number of primary amides is 1. The molecule has 123 valence electrons. The van der Waals surface area contributed by atoms with Gasteiger partial charge in [-0.1, -0.05) is 6.07 Å². The first-order valence-corrected chi connectivity index (χ1v) is 7.63. The van der Waals surface area contributed by atoms with Gasteiger partial charge in [0.25, 0.3) is 0 Å². The first-order valence-electron chi connectivity index (χ1n) is 7.63. The molecule has 23 heavy (non-hydrogen) atoms.